The molecule has 0 radical (unpaired) electrons. The molecule has 1 aromatic heterocycles. The molecule has 1 aromatic carbocycles. The fraction of sp³-hybridized carbons (Fsp3) is 0.333. The second kappa shape index (κ2) is 4.15. The van der Waals surface area contributed by atoms with Crippen LogP contribution in [0.4, 0.5) is 0 Å². The van der Waals surface area contributed by atoms with E-state index in [0.717, 1.165) is 36.5 Å². The number of ether oxygens (including phenoxy) is 1. The van der Waals surface area contributed by atoms with E-state index < -0.39 is 0 Å². The van der Waals surface area contributed by atoms with Crippen LogP contribution in [0, 0.1) is 0 Å². The van der Waals surface area contributed by atoms with E-state index in [1.54, 1.807) is 0 Å². The summed E-state index contributed by atoms with van der Waals surface area (Å²) in [4.78, 5) is 8.91. The first-order valence-corrected chi connectivity index (χ1v) is 5.43. The molecule has 82 valence electrons. The fourth-order valence-corrected chi connectivity index (χ4v) is 1.68. The molecule has 4 heteroatoms. The minimum atomic E-state index is 0.480. The summed E-state index contributed by atoms with van der Waals surface area (Å²) in [5, 5.41) is 3.37. The Labute approximate surface area is 93.7 Å². The van der Waals surface area contributed by atoms with Crippen LogP contribution in [-0.2, 0) is 11.3 Å². The Bertz CT molecular complexity index is 496. The zero-order chi connectivity index (χ0) is 10.8. The Morgan fingerprint density at radius 2 is 2.06 bits per heavy atom. The van der Waals surface area contributed by atoms with E-state index in [4.69, 9.17) is 4.74 Å². The molecule has 2 aromatic rings. The molecule has 0 amide bonds. The first-order chi connectivity index (χ1) is 7.92. The van der Waals surface area contributed by atoms with Crippen molar-refractivity contribution in [3.05, 3.63) is 36.2 Å². The van der Waals surface area contributed by atoms with Crippen LogP contribution in [0.2, 0.25) is 0 Å². The lowest BCUT2D eigenvalue weighted by Crippen LogP contribution is -2.45. The molecule has 2 heterocycles. The molecule has 1 fully saturated rings. The third kappa shape index (κ3) is 1.89. The van der Waals surface area contributed by atoms with Gasteiger partial charge < -0.3 is 10.1 Å². The summed E-state index contributed by atoms with van der Waals surface area (Å²) in [6.07, 6.45) is 1.83. The van der Waals surface area contributed by atoms with Gasteiger partial charge in [-0.1, -0.05) is 12.1 Å². The predicted molar refractivity (Wildman–Crippen MR) is 61.0 cm³/mol. The van der Waals surface area contributed by atoms with E-state index in [9.17, 15) is 0 Å². The Morgan fingerprint density at radius 3 is 2.81 bits per heavy atom. The first kappa shape index (κ1) is 9.69. The van der Waals surface area contributed by atoms with Crippen molar-refractivity contribution >= 4 is 11.0 Å². The Kier molecular flexibility index (Phi) is 2.52. The van der Waals surface area contributed by atoms with Crippen LogP contribution >= 0.6 is 0 Å². The molecule has 0 bridgehead atoms. The molecule has 0 saturated carbocycles. The topological polar surface area (TPSA) is 47.0 Å². The van der Waals surface area contributed by atoms with Crippen molar-refractivity contribution < 1.29 is 4.74 Å². The van der Waals surface area contributed by atoms with E-state index in [1.165, 1.54) is 0 Å². The van der Waals surface area contributed by atoms with Gasteiger partial charge in [0.1, 0.15) is 0 Å². The zero-order valence-corrected chi connectivity index (χ0v) is 8.89. The van der Waals surface area contributed by atoms with Crippen LogP contribution in [0.5, 0.6) is 0 Å². The summed E-state index contributed by atoms with van der Waals surface area (Å²) in [6, 6.07) is 8.39. The maximum Gasteiger partial charge on any atom is 0.0890 e. The minimum absolute atomic E-state index is 0.480. The van der Waals surface area contributed by atoms with Crippen LogP contribution < -0.4 is 5.32 Å². The largest absolute Gasteiger partial charge is 0.378 e. The average molecular weight is 215 g/mol. The highest BCUT2D eigenvalue weighted by molar-refractivity contribution is 5.73. The lowest BCUT2D eigenvalue weighted by molar-refractivity contribution is -0.00591. The van der Waals surface area contributed by atoms with Gasteiger partial charge in [0.05, 0.1) is 42.2 Å². The van der Waals surface area contributed by atoms with Crippen LogP contribution in [0.3, 0.4) is 0 Å². The summed E-state index contributed by atoms with van der Waals surface area (Å²) in [6.45, 7) is 2.37. The second-order valence-corrected chi connectivity index (χ2v) is 3.97. The molecule has 3 rings (SSSR count). The normalized spacial score (nSPS) is 16.2. The number of fused-ring (bicyclic) bond motifs is 1. The van der Waals surface area contributed by atoms with Gasteiger partial charge in [0, 0.05) is 6.54 Å². The van der Waals surface area contributed by atoms with E-state index in [0.29, 0.717) is 6.04 Å². The minimum Gasteiger partial charge on any atom is -0.378 e. The van der Waals surface area contributed by atoms with Gasteiger partial charge in [0.15, 0.2) is 0 Å². The molecule has 16 heavy (non-hydrogen) atoms. The average Bonchev–Trinajstić information content (AvgIpc) is 2.27. The van der Waals surface area contributed by atoms with Crippen LogP contribution in [0.1, 0.15) is 5.69 Å². The molecule has 1 aliphatic heterocycles. The standard InChI is InChI=1S/C12H13N3O/c1-2-4-12-11(3-1)14-6-9(15-12)5-13-10-7-16-8-10/h1-4,6,10,13H,5,7-8H2. The van der Waals surface area contributed by atoms with Gasteiger partial charge in [-0.2, -0.15) is 0 Å². The molecule has 1 saturated heterocycles. The molecule has 0 atom stereocenters. The highest BCUT2D eigenvalue weighted by atomic mass is 16.5. The predicted octanol–water partition coefficient (Wildman–Crippen LogP) is 1.12. The summed E-state index contributed by atoms with van der Waals surface area (Å²) >= 11 is 0. The van der Waals surface area contributed by atoms with Crippen molar-refractivity contribution in [3.63, 3.8) is 0 Å². The lowest BCUT2D eigenvalue weighted by atomic mass is 10.2. The number of aromatic nitrogens is 2. The van der Waals surface area contributed by atoms with E-state index in [2.05, 4.69) is 15.3 Å². The van der Waals surface area contributed by atoms with Crippen molar-refractivity contribution in [2.45, 2.75) is 12.6 Å². The van der Waals surface area contributed by atoms with Crippen LogP contribution in [0.25, 0.3) is 11.0 Å². The summed E-state index contributed by atoms with van der Waals surface area (Å²) in [5.41, 5.74) is 2.87. The molecule has 0 spiro atoms. The molecule has 0 aliphatic carbocycles. The molecular formula is C12H13N3O. The quantitative estimate of drug-likeness (QED) is 0.833. The molecule has 1 N–H and O–H groups in total. The number of hydrogen-bond donors (Lipinski definition) is 1. The van der Waals surface area contributed by atoms with Crippen molar-refractivity contribution in [2.75, 3.05) is 13.2 Å². The van der Waals surface area contributed by atoms with Gasteiger partial charge in [0.2, 0.25) is 0 Å². The van der Waals surface area contributed by atoms with E-state index in [1.807, 2.05) is 30.5 Å². The van der Waals surface area contributed by atoms with Gasteiger partial charge in [-0.25, -0.2) is 4.98 Å². The van der Waals surface area contributed by atoms with Gasteiger partial charge in [-0.3, -0.25) is 4.98 Å². The van der Waals surface area contributed by atoms with Gasteiger partial charge in [-0.15, -0.1) is 0 Å². The molecule has 1 aliphatic rings. The number of rotatable bonds is 3. The van der Waals surface area contributed by atoms with Gasteiger partial charge in [0.25, 0.3) is 0 Å². The van der Waals surface area contributed by atoms with Gasteiger partial charge in [-0.05, 0) is 12.1 Å². The number of para-hydroxylation sites is 2. The number of benzene rings is 1. The van der Waals surface area contributed by atoms with Crippen molar-refractivity contribution in [3.8, 4) is 0 Å². The summed E-state index contributed by atoms with van der Waals surface area (Å²) in [5.74, 6) is 0. The number of nitrogens with zero attached hydrogens (tertiary/aromatic N) is 2. The lowest BCUT2D eigenvalue weighted by Gasteiger charge is -2.26. The first-order valence-electron chi connectivity index (χ1n) is 5.43. The Hall–Kier alpha value is -1.52. The van der Waals surface area contributed by atoms with Crippen molar-refractivity contribution in [1.82, 2.24) is 15.3 Å². The Balaban J connectivity index is 1.76. The monoisotopic (exact) mass is 215 g/mol. The smallest absolute Gasteiger partial charge is 0.0890 e. The zero-order valence-electron chi connectivity index (χ0n) is 8.89. The van der Waals surface area contributed by atoms with Crippen LogP contribution in [-0.4, -0.2) is 29.2 Å². The summed E-state index contributed by atoms with van der Waals surface area (Å²) in [7, 11) is 0. The molecule has 4 nitrogen and oxygen atoms in total. The number of hydrogen-bond acceptors (Lipinski definition) is 4. The second-order valence-electron chi connectivity index (χ2n) is 3.97. The summed E-state index contributed by atoms with van der Waals surface area (Å²) < 4.78 is 5.09. The van der Waals surface area contributed by atoms with Gasteiger partial charge >= 0.3 is 0 Å². The highest BCUT2D eigenvalue weighted by Crippen LogP contribution is 2.09. The van der Waals surface area contributed by atoms with E-state index >= 15 is 0 Å². The highest BCUT2D eigenvalue weighted by Gasteiger charge is 2.17. The third-order valence-corrected chi connectivity index (χ3v) is 2.71. The number of nitrogens with one attached hydrogen (secondary N) is 1. The fourth-order valence-electron chi connectivity index (χ4n) is 1.68. The SMILES string of the molecule is c1ccc2nc(CNC3COC3)cnc2c1. The third-order valence-electron chi connectivity index (χ3n) is 2.71. The molecule has 0 unspecified atom stereocenters. The van der Waals surface area contributed by atoms with Crippen molar-refractivity contribution in [1.29, 1.82) is 0 Å². The van der Waals surface area contributed by atoms with E-state index in [-0.39, 0.29) is 0 Å². The maximum absolute atomic E-state index is 5.09. The molecular weight excluding hydrogens is 202 g/mol. The van der Waals surface area contributed by atoms with Crippen LogP contribution in [0.15, 0.2) is 30.5 Å². The maximum atomic E-state index is 5.09. The van der Waals surface area contributed by atoms with Crippen molar-refractivity contribution in [2.24, 2.45) is 0 Å². The Morgan fingerprint density at radius 1 is 1.25 bits per heavy atom.